The van der Waals surface area contributed by atoms with Gasteiger partial charge in [0.05, 0.1) is 5.41 Å². The fraction of sp³-hybridized carbons (Fsp3) is 0.889. The molecule has 2 aliphatic rings. The molecule has 1 aliphatic heterocycles. The van der Waals surface area contributed by atoms with Crippen LogP contribution in [0.3, 0.4) is 0 Å². The molecule has 1 N–H and O–H groups in total. The molecule has 1 atom stereocenters. The molecule has 132 valence electrons. The van der Waals surface area contributed by atoms with E-state index in [2.05, 4.69) is 29.1 Å². The Morgan fingerprint density at radius 3 is 2.39 bits per heavy atom. The van der Waals surface area contributed by atoms with E-state index in [1.54, 1.807) is 4.90 Å². The molecule has 1 unspecified atom stereocenters. The van der Waals surface area contributed by atoms with Gasteiger partial charge in [-0.1, -0.05) is 26.7 Å². The van der Waals surface area contributed by atoms with Gasteiger partial charge in [0, 0.05) is 40.8 Å². The lowest BCUT2D eigenvalue weighted by Crippen LogP contribution is -2.50. The van der Waals surface area contributed by atoms with Crippen molar-refractivity contribution in [2.75, 3.05) is 40.8 Å². The highest BCUT2D eigenvalue weighted by Crippen LogP contribution is 2.39. The lowest BCUT2D eigenvalue weighted by molar-refractivity contribution is -0.138. The maximum absolute atomic E-state index is 12.7. The van der Waals surface area contributed by atoms with Crippen LogP contribution in [-0.4, -0.2) is 62.4 Å². The molecule has 0 aromatic carbocycles. The fourth-order valence-electron chi connectivity index (χ4n) is 4.07. The normalized spacial score (nSPS) is 27.3. The molecule has 1 amide bonds. The van der Waals surface area contributed by atoms with Crippen molar-refractivity contribution >= 4 is 11.9 Å². The molecular weight excluding hydrogens is 288 g/mol. The van der Waals surface area contributed by atoms with E-state index in [4.69, 9.17) is 0 Å². The zero-order chi connectivity index (χ0) is 17.1. The third kappa shape index (κ3) is 3.81. The van der Waals surface area contributed by atoms with Gasteiger partial charge in [-0.2, -0.15) is 0 Å². The summed E-state index contributed by atoms with van der Waals surface area (Å²) in [5.74, 6) is 1.22. The molecule has 23 heavy (non-hydrogen) atoms. The van der Waals surface area contributed by atoms with Crippen LogP contribution in [0.2, 0.25) is 0 Å². The molecular formula is C18H34N4O. The zero-order valence-electron chi connectivity index (χ0n) is 15.6. The summed E-state index contributed by atoms with van der Waals surface area (Å²) < 4.78 is 0. The number of nitrogens with zero attached hydrogens (tertiary/aromatic N) is 3. The second-order valence-electron chi connectivity index (χ2n) is 7.92. The molecule has 5 nitrogen and oxygen atoms in total. The van der Waals surface area contributed by atoms with Gasteiger partial charge < -0.3 is 15.1 Å². The number of hydrogen-bond acceptors (Lipinski definition) is 2. The van der Waals surface area contributed by atoms with Crippen LogP contribution in [0, 0.1) is 10.8 Å². The minimum Gasteiger partial charge on any atom is -0.355 e. The second kappa shape index (κ2) is 7.10. The summed E-state index contributed by atoms with van der Waals surface area (Å²) in [5.41, 5.74) is 0.148. The first-order valence-electron chi connectivity index (χ1n) is 9.03. The first-order valence-corrected chi connectivity index (χ1v) is 9.03. The maximum Gasteiger partial charge on any atom is 0.230 e. The van der Waals surface area contributed by atoms with E-state index in [1.165, 1.54) is 12.8 Å². The van der Waals surface area contributed by atoms with E-state index >= 15 is 0 Å². The average Bonchev–Trinajstić information content (AvgIpc) is 3.16. The van der Waals surface area contributed by atoms with Crippen LogP contribution in [-0.2, 0) is 4.79 Å². The number of guanidine groups is 1. The number of hydrogen-bond donors (Lipinski definition) is 1. The van der Waals surface area contributed by atoms with Crippen LogP contribution in [0.5, 0.6) is 0 Å². The lowest BCUT2D eigenvalue weighted by atomic mass is 9.84. The Bertz CT molecular complexity index is 454. The molecule has 0 spiro atoms. The average molecular weight is 322 g/mol. The van der Waals surface area contributed by atoms with Crippen molar-refractivity contribution in [2.45, 2.75) is 52.4 Å². The van der Waals surface area contributed by atoms with Crippen molar-refractivity contribution in [3.8, 4) is 0 Å². The van der Waals surface area contributed by atoms with E-state index in [1.807, 2.05) is 21.1 Å². The third-order valence-corrected chi connectivity index (χ3v) is 5.93. The van der Waals surface area contributed by atoms with E-state index in [-0.39, 0.29) is 11.3 Å². The van der Waals surface area contributed by atoms with Gasteiger partial charge in [-0.15, -0.1) is 0 Å². The highest BCUT2D eigenvalue weighted by Gasteiger charge is 2.42. The molecule has 0 radical (unpaired) electrons. The van der Waals surface area contributed by atoms with Gasteiger partial charge >= 0.3 is 0 Å². The molecule has 1 aliphatic carbocycles. The largest absolute Gasteiger partial charge is 0.355 e. The molecule has 2 fully saturated rings. The lowest BCUT2D eigenvalue weighted by Gasteiger charge is -2.33. The molecule has 1 saturated heterocycles. The number of likely N-dealkylation sites (tertiary alicyclic amines) is 1. The summed E-state index contributed by atoms with van der Waals surface area (Å²) in [6.07, 6.45) is 6.69. The molecule has 0 aromatic heterocycles. The number of amides is 1. The summed E-state index contributed by atoms with van der Waals surface area (Å²) in [6.45, 7) is 7.43. The summed E-state index contributed by atoms with van der Waals surface area (Å²) in [4.78, 5) is 21.2. The Labute approximate surface area is 141 Å². The molecule has 2 rings (SSSR count). The minimum absolute atomic E-state index is 0.243. The summed E-state index contributed by atoms with van der Waals surface area (Å²) in [6, 6.07) is 0. The van der Waals surface area contributed by atoms with Gasteiger partial charge in [-0.3, -0.25) is 9.79 Å². The Kier molecular flexibility index (Phi) is 5.58. The van der Waals surface area contributed by atoms with Crippen LogP contribution in [0.4, 0.5) is 0 Å². The van der Waals surface area contributed by atoms with Crippen LogP contribution < -0.4 is 5.32 Å². The predicted molar refractivity (Wildman–Crippen MR) is 95.5 cm³/mol. The van der Waals surface area contributed by atoms with E-state index in [9.17, 15) is 4.79 Å². The number of rotatable bonds is 4. The van der Waals surface area contributed by atoms with E-state index in [0.717, 1.165) is 44.7 Å². The number of aliphatic imine (C=N–C) groups is 1. The summed E-state index contributed by atoms with van der Waals surface area (Å²) in [5, 5.41) is 3.52. The molecule has 0 aromatic rings. The highest BCUT2D eigenvalue weighted by molar-refractivity contribution is 5.85. The Hall–Kier alpha value is -1.26. The first kappa shape index (κ1) is 18.1. The van der Waals surface area contributed by atoms with Crippen molar-refractivity contribution in [1.29, 1.82) is 0 Å². The predicted octanol–water partition coefficient (Wildman–Crippen LogP) is 2.33. The van der Waals surface area contributed by atoms with Crippen LogP contribution in [0.25, 0.3) is 0 Å². The van der Waals surface area contributed by atoms with Gasteiger partial charge in [-0.25, -0.2) is 0 Å². The minimum atomic E-state index is -0.243. The van der Waals surface area contributed by atoms with Crippen molar-refractivity contribution in [1.82, 2.24) is 15.1 Å². The first-order chi connectivity index (χ1) is 10.9. The van der Waals surface area contributed by atoms with Crippen molar-refractivity contribution in [3.05, 3.63) is 0 Å². The summed E-state index contributed by atoms with van der Waals surface area (Å²) in [7, 11) is 5.58. The van der Waals surface area contributed by atoms with Crippen LogP contribution in [0.1, 0.15) is 52.4 Å². The van der Waals surface area contributed by atoms with Gasteiger partial charge in [0.25, 0.3) is 0 Å². The monoisotopic (exact) mass is 322 g/mol. The number of carbonyl (C=O) groups excluding carboxylic acids is 1. The van der Waals surface area contributed by atoms with Crippen LogP contribution in [0.15, 0.2) is 4.99 Å². The maximum atomic E-state index is 12.7. The van der Waals surface area contributed by atoms with Crippen molar-refractivity contribution in [2.24, 2.45) is 15.8 Å². The fourth-order valence-corrected chi connectivity index (χ4v) is 4.07. The zero-order valence-corrected chi connectivity index (χ0v) is 15.6. The molecule has 5 heteroatoms. The SMILES string of the molecule is CCC1(C)CCN(C(=NC)NCC2(C(=O)N(C)C)CCCC2)C1. The van der Waals surface area contributed by atoms with Crippen molar-refractivity contribution < 1.29 is 4.79 Å². The van der Waals surface area contributed by atoms with Gasteiger partial charge in [0.1, 0.15) is 0 Å². The smallest absolute Gasteiger partial charge is 0.230 e. The standard InChI is InChI=1S/C18H34N4O/c1-6-17(2)11-12-22(14-17)16(19-3)20-13-18(9-7-8-10-18)15(23)21(4)5/h6-14H2,1-5H3,(H,19,20). The Morgan fingerprint density at radius 2 is 1.91 bits per heavy atom. The second-order valence-corrected chi connectivity index (χ2v) is 7.92. The van der Waals surface area contributed by atoms with Crippen LogP contribution >= 0.6 is 0 Å². The Balaban J connectivity index is 2.01. The van der Waals surface area contributed by atoms with E-state index in [0.29, 0.717) is 12.0 Å². The molecule has 1 heterocycles. The number of nitrogens with one attached hydrogen (secondary N) is 1. The van der Waals surface area contributed by atoms with E-state index < -0.39 is 0 Å². The molecule has 0 bridgehead atoms. The topological polar surface area (TPSA) is 47.9 Å². The Morgan fingerprint density at radius 1 is 1.26 bits per heavy atom. The number of carbonyl (C=O) groups is 1. The van der Waals surface area contributed by atoms with Crippen molar-refractivity contribution in [3.63, 3.8) is 0 Å². The third-order valence-electron chi connectivity index (χ3n) is 5.93. The van der Waals surface area contributed by atoms with Gasteiger partial charge in [0.15, 0.2) is 5.96 Å². The quantitative estimate of drug-likeness (QED) is 0.638. The molecule has 1 saturated carbocycles. The van der Waals surface area contributed by atoms with Gasteiger partial charge in [-0.05, 0) is 31.1 Å². The summed E-state index contributed by atoms with van der Waals surface area (Å²) >= 11 is 0. The highest BCUT2D eigenvalue weighted by atomic mass is 16.2. The van der Waals surface area contributed by atoms with Gasteiger partial charge in [0.2, 0.25) is 5.91 Å².